The van der Waals surface area contributed by atoms with Gasteiger partial charge >= 0.3 is 0 Å². The Kier molecular flexibility index (Phi) is 6.77. The van der Waals surface area contributed by atoms with Crippen molar-refractivity contribution in [2.24, 2.45) is 0 Å². The Morgan fingerprint density at radius 2 is 2.12 bits per heavy atom. The maximum Gasteiger partial charge on any atom is 0.127 e. The highest BCUT2D eigenvalue weighted by Gasteiger charge is 2.03. The molecular formula is C13H21FN2O. The van der Waals surface area contributed by atoms with Crippen LogP contribution in [0, 0.1) is 5.82 Å². The second kappa shape index (κ2) is 8.17. The van der Waals surface area contributed by atoms with Gasteiger partial charge in [-0.15, -0.1) is 0 Å². The van der Waals surface area contributed by atoms with Crippen LogP contribution < -0.4 is 10.6 Å². The quantitative estimate of drug-likeness (QED) is 0.676. The van der Waals surface area contributed by atoms with Crippen LogP contribution in [0.4, 0.5) is 4.39 Å². The number of halogens is 1. The van der Waals surface area contributed by atoms with Gasteiger partial charge in [-0.1, -0.05) is 18.2 Å². The van der Waals surface area contributed by atoms with Crippen molar-refractivity contribution in [3.05, 3.63) is 35.6 Å². The summed E-state index contributed by atoms with van der Waals surface area (Å²) >= 11 is 0. The summed E-state index contributed by atoms with van der Waals surface area (Å²) in [6, 6.07) is 7.13. The van der Waals surface area contributed by atoms with Crippen LogP contribution in [0.2, 0.25) is 0 Å². The van der Waals surface area contributed by atoms with Crippen LogP contribution in [0.3, 0.4) is 0 Å². The van der Waals surface area contributed by atoms with E-state index in [1.165, 1.54) is 6.07 Å². The van der Waals surface area contributed by atoms with Gasteiger partial charge in [-0.2, -0.15) is 0 Å². The number of ether oxygens (including phenoxy) is 1. The molecule has 1 aromatic rings. The molecule has 3 nitrogen and oxygen atoms in total. The van der Waals surface area contributed by atoms with Crippen molar-refractivity contribution in [1.82, 2.24) is 10.6 Å². The van der Waals surface area contributed by atoms with E-state index in [0.29, 0.717) is 24.8 Å². The fourth-order valence-electron chi connectivity index (χ4n) is 1.49. The molecule has 1 unspecified atom stereocenters. The van der Waals surface area contributed by atoms with E-state index in [0.717, 1.165) is 13.1 Å². The molecule has 1 aromatic carbocycles. The lowest BCUT2D eigenvalue weighted by Crippen LogP contribution is -2.37. The first-order chi connectivity index (χ1) is 8.24. The highest BCUT2D eigenvalue weighted by molar-refractivity contribution is 5.16. The minimum Gasteiger partial charge on any atom is -0.383 e. The smallest absolute Gasteiger partial charge is 0.127 e. The van der Waals surface area contributed by atoms with Gasteiger partial charge in [0, 0.05) is 38.3 Å². The van der Waals surface area contributed by atoms with Crippen molar-refractivity contribution in [2.75, 3.05) is 26.8 Å². The number of benzene rings is 1. The largest absolute Gasteiger partial charge is 0.383 e. The Morgan fingerprint density at radius 1 is 1.35 bits per heavy atom. The normalized spacial score (nSPS) is 12.6. The summed E-state index contributed by atoms with van der Waals surface area (Å²) in [5.41, 5.74) is 0.705. The van der Waals surface area contributed by atoms with Gasteiger partial charge in [-0.3, -0.25) is 0 Å². The third-order valence-corrected chi connectivity index (χ3v) is 2.53. The lowest BCUT2D eigenvalue weighted by atomic mass is 10.2. The van der Waals surface area contributed by atoms with Crippen molar-refractivity contribution in [1.29, 1.82) is 0 Å². The summed E-state index contributed by atoms with van der Waals surface area (Å²) in [6.45, 7) is 5.01. The SMILES string of the molecule is COCCNCC(C)NCc1ccccc1F. The zero-order valence-corrected chi connectivity index (χ0v) is 10.5. The molecule has 0 amide bonds. The van der Waals surface area contributed by atoms with E-state index in [1.54, 1.807) is 19.2 Å². The van der Waals surface area contributed by atoms with Gasteiger partial charge in [0.1, 0.15) is 5.82 Å². The predicted molar refractivity (Wildman–Crippen MR) is 67.4 cm³/mol. The van der Waals surface area contributed by atoms with Gasteiger partial charge in [0.2, 0.25) is 0 Å². The maximum absolute atomic E-state index is 13.3. The molecule has 0 saturated carbocycles. The summed E-state index contributed by atoms with van der Waals surface area (Å²) in [6.07, 6.45) is 0. The topological polar surface area (TPSA) is 33.3 Å². The lowest BCUT2D eigenvalue weighted by molar-refractivity contribution is 0.198. The van der Waals surface area contributed by atoms with Crippen molar-refractivity contribution < 1.29 is 9.13 Å². The second-order valence-electron chi connectivity index (χ2n) is 4.07. The number of hydrogen-bond donors (Lipinski definition) is 2. The molecule has 0 aliphatic rings. The number of methoxy groups -OCH3 is 1. The first kappa shape index (κ1) is 14.1. The van der Waals surface area contributed by atoms with E-state index in [9.17, 15) is 4.39 Å². The molecule has 0 aliphatic carbocycles. The maximum atomic E-state index is 13.3. The summed E-state index contributed by atoms with van der Waals surface area (Å²) in [5.74, 6) is -0.153. The third-order valence-electron chi connectivity index (χ3n) is 2.53. The fraction of sp³-hybridized carbons (Fsp3) is 0.538. The van der Waals surface area contributed by atoms with Crippen LogP contribution in [0.25, 0.3) is 0 Å². The summed E-state index contributed by atoms with van der Waals surface area (Å²) < 4.78 is 18.3. The molecule has 0 radical (unpaired) electrons. The Bertz CT molecular complexity index is 320. The van der Waals surface area contributed by atoms with Gasteiger partial charge < -0.3 is 15.4 Å². The average molecular weight is 240 g/mol. The first-order valence-corrected chi connectivity index (χ1v) is 5.90. The van der Waals surface area contributed by atoms with Crippen LogP contribution in [-0.4, -0.2) is 32.8 Å². The molecule has 0 spiro atoms. The fourth-order valence-corrected chi connectivity index (χ4v) is 1.49. The second-order valence-corrected chi connectivity index (χ2v) is 4.07. The molecule has 2 N–H and O–H groups in total. The van der Waals surface area contributed by atoms with E-state index < -0.39 is 0 Å². The van der Waals surface area contributed by atoms with Gasteiger partial charge in [0.25, 0.3) is 0 Å². The molecule has 17 heavy (non-hydrogen) atoms. The number of rotatable bonds is 8. The van der Waals surface area contributed by atoms with E-state index in [2.05, 4.69) is 17.6 Å². The lowest BCUT2D eigenvalue weighted by Gasteiger charge is -2.14. The van der Waals surface area contributed by atoms with Crippen LogP contribution in [0.5, 0.6) is 0 Å². The van der Waals surface area contributed by atoms with Crippen LogP contribution in [0.1, 0.15) is 12.5 Å². The molecule has 0 aromatic heterocycles. The molecule has 4 heteroatoms. The van der Waals surface area contributed by atoms with Gasteiger partial charge in [0.05, 0.1) is 6.61 Å². The summed E-state index contributed by atoms with van der Waals surface area (Å²) in [7, 11) is 1.68. The molecule has 0 heterocycles. The molecular weight excluding hydrogens is 219 g/mol. The monoisotopic (exact) mass is 240 g/mol. The molecule has 0 aliphatic heterocycles. The zero-order valence-electron chi connectivity index (χ0n) is 10.5. The summed E-state index contributed by atoms with van der Waals surface area (Å²) in [4.78, 5) is 0. The molecule has 0 bridgehead atoms. The van der Waals surface area contributed by atoms with Crippen LogP contribution >= 0.6 is 0 Å². The Balaban J connectivity index is 2.19. The number of hydrogen-bond acceptors (Lipinski definition) is 3. The first-order valence-electron chi connectivity index (χ1n) is 5.90. The average Bonchev–Trinajstić information content (AvgIpc) is 2.34. The van der Waals surface area contributed by atoms with Crippen molar-refractivity contribution in [3.8, 4) is 0 Å². The Labute approximate surface area is 102 Å². The highest BCUT2D eigenvalue weighted by atomic mass is 19.1. The molecule has 0 saturated heterocycles. The predicted octanol–water partition coefficient (Wildman–Crippen LogP) is 1.54. The van der Waals surface area contributed by atoms with Crippen molar-refractivity contribution >= 4 is 0 Å². The highest BCUT2D eigenvalue weighted by Crippen LogP contribution is 2.05. The van der Waals surface area contributed by atoms with Gasteiger partial charge in [-0.05, 0) is 13.0 Å². The van der Waals surface area contributed by atoms with E-state index in [4.69, 9.17) is 4.74 Å². The molecule has 96 valence electrons. The van der Waals surface area contributed by atoms with Gasteiger partial charge in [-0.25, -0.2) is 4.39 Å². The van der Waals surface area contributed by atoms with E-state index in [1.807, 2.05) is 6.07 Å². The zero-order chi connectivity index (χ0) is 12.5. The van der Waals surface area contributed by atoms with Gasteiger partial charge in [0.15, 0.2) is 0 Å². The molecule has 0 fully saturated rings. The third kappa shape index (κ3) is 5.77. The number of nitrogens with one attached hydrogen (secondary N) is 2. The van der Waals surface area contributed by atoms with Crippen LogP contribution in [-0.2, 0) is 11.3 Å². The minimum absolute atomic E-state index is 0.153. The standard InChI is InChI=1S/C13H21FN2O/c1-11(9-15-7-8-17-2)16-10-12-5-3-4-6-13(12)14/h3-6,11,15-16H,7-10H2,1-2H3. The Hall–Kier alpha value is -0.970. The Morgan fingerprint density at radius 3 is 2.82 bits per heavy atom. The summed E-state index contributed by atoms with van der Waals surface area (Å²) in [5, 5.41) is 6.53. The molecule has 1 atom stereocenters. The minimum atomic E-state index is -0.153. The van der Waals surface area contributed by atoms with Crippen molar-refractivity contribution in [2.45, 2.75) is 19.5 Å². The molecule has 1 rings (SSSR count). The van der Waals surface area contributed by atoms with Crippen LogP contribution in [0.15, 0.2) is 24.3 Å². The van der Waals surface area contributed by atoms with Crippen molar-refractivity contribution in [3.63, 3.8) is 0 Å². The van der Waals surface area contributed by atoms with E-state index in [-0.39, 0.29) is 5.82 Å². The van der Waals surface area contributed by atoms with E-state index >= 15 is 0 Å².